The minimum absolute atomic E-state index is 0.175. The molecule has 0 aromatic carbocycles. The fourth-order valence-electron chi connectivity index (χ4n) is 1.32. The van der Waals surface area contributed by atoms with E-state index in [0.29, 0.717) is 25.2 Å². The van der Waals surface area contributed by atoms with Crippen LogP contribution < -0.4 is 11.1 Å². The molecule has 5 nitrogen and oxygen atoms in total. The second kappa shape index (κ2) is 5.60. The van der Waals surface area contributed by atoms with E-state index in [4.69, 9.17) is 10.2 Å². The first kappa shape index (κ1) is 11.8. The van der Waals surface area contributed by atoms with Crippen LogP contribution >= 0.6 is 11.3 Å². The second-order valence-electron chi connectivity index (χ2n) is 3.48. The lowest BCUT2D eigenvalue weighted by molar-refractivity contribution is 0.0946. The SMILES string of the molecule is NCCc1nc(C(=O)NCc2ccoc2)cs1. The summed E-state index contributed by atoms with van der Waals surface area (Å²) < 4.78 is 4.91. The van der Waals surface area contributed by atoms with Crippen molar-refractivity contribution >= 4 is 17.2 Å². The Kier molecular flexibility index (Phi) is 3.89. The van der Waals surface area contributed by atoms with Crippen molar-refractivity contribution < 1.29 is 9.21 Å². The van der Waals surface area contributed by atoms with Gasteiger partial charge in [0.2, 0.25) is 0 Å². The molecule has 0 saturated carbocycles. The van der Waals surface area contributed by atoms with Gasteiger partial charge < -0.3 is 15.5 Å². The Hall–Kier alpha value is -1.66. The normalized spacial score (nSPS) is 10.4. The highest BCUT2D eigenvalue weighted by molar-refractivity contribution is 7.09. The number of furan rings is 1. The molecule has 2 aromatic heterocycles. The summed E-state index contributed by atoms with van der Waals surface area (Å²) in [4.78, 5) is 15.9. The van der Waals surface area contributed by atoms with Gasteiger partial charge in [0.25, 0.3) is 5.91 Å². The molecule has 0 bridgehead atoms. The highest BCUT2D eigenvalue weighted by Crippen LogP contribution is 2.10. The Bertz CT molecular complexity index is 479. The zero-order valence-electron chi connectivity index (χ0n) is 9.18. The summed E-state index contributed by atoms with van der Waals surface area (Å²) in [5.41, 5.74) is 6.80. The van der Waals surface area contributed by atoms with Crippen molar-refractivity contribution in [3.63, 3.8) is 0 Å². The molecular weight excluding hydrogens is 238 g/mol. The van der Waals surface area contributed by atoms with Crippen LogP contribution in [0.25, 0.3) is 0 Å². The van der Waals surface area contributed by atoms with Crippen LogP contribution in [0.5, 0.6) is 0 Å². The lowest BCUT2D eigenvalue weighted by atomic mass is 10.3. The maximum atomic E-state index is 11.7. The van der Waals surface area contributed by atoms with Crippen molar-refractivity contribution in [1.82, 2.24) is 10.3 Å². The van der Waals surface area contributed by atoms with Crippen molar-refractivity contribution in [1.29, 1.82) is 0 Å². The second-order valence-corrected chi connectivity index (χ2v) is 4.42. The molecule has 0 radical (unpaired) electrons. The topological polar surface area (TPSA) is 81.1 Å². The Morgan fingerprint density at radius 2 is 2.47 bits per heavy atom. The van der Waals surface area contributed by atoms with Gasteiger partial charge in [0.15, 0.2) is 0 Å². The third-order valence-electron chi connectivity index (χ3n) is 2.18. The Labute approximate surface area is 103 Å². The number of nitrogens with two attached hydrogens (primary N) is 1. The number of carbonyl (C=O) groups is 1. The van der Waals surface area contributed by atoms with Gasteiger partial charge in [0.05, 0.1) is 17.5 Å². The quantitative estimate of drug-likeness (QED) is 0.835. The molecule has 0 saturated heterocycles. The van der Waals surface area contributed by atoms with Crippen LogP contribution in [0.2, 0.25) is 0 Å². The molecule has 0 aliphatic rings. The molecule has 0 atom stereocenters. The number of amides is 1. The molecule has 17 heavy (non-hydrogen) atoms. The van der Waals surface area contributed by atoms with Crippen LogP contribution in [0.15, 0.2) is 28.4 Å². The summed E-state index contributed by atoms with van der Waals surface area (Å²) in [5.74, 6) is -0.175. The van der Waals surface area contributed by atoms with Crippen LogP contribution in [0, 0.1) is 0 Å². The van der Waals surface area contributed by atoms with E-state index >= 15 is 0 Å². The van der Waals surface area contributed by atoms with Crippen molar-refractivity contribution in [2.45, 2.75) is 13.0 Å². The maximum Gasteiger partial charge on any atom is 0.271 e. The summed E-state index contributed by atoms with van der Waals surface area (Å²) in [7, 11) is 0. The standard InChI is InChI=1S/C11H13N3O2S/c12-3-1-10-14-9(7-17-10)11(15)13-5-8-2-4-16-6-8/h2,4,6-7H,1,3,5,12H2,(H,13,15). The summed E-state index contributed by atoms with van der Waals surface area (Å²) in [6.07, 6.45) is 3.88. The first-order valence-electron chi connectivity index (χ1n) is 5.23. The van der Waals surface area contributed by atoms with Crippen LogP contribution in [0.1, 0.15) is 21.1 Å². The minimum atomic E-state index is -0.175. The van der Waals surface area contributed by atoms with Crippen LogP contribution in [0.3, 0.4) is 0 Å². The number of aromatic nitrogens is 1. The number of nitrogens with zero attached hydrogens (tertiary/aromatic N) is 1. The van der Waals surface area contributed by atoms with Gasteiger partial charge in [0, 0.05) is 23.9 Å². The molecule has 0 aliphatic carbocycles. The van der Waals surface area contributed by atoms with Crippen LogP contribution in [-0.4, -0.2) is 17.4 Å². The number of thiazole rings is 1. The largest absolute Gasteiger partial charge is 0.472 e. The highest BCUT2D eigenvalue weighted by Gasteiger charge is 2.10. The molecule has 2 rings (SSSR count). The van der Waals surface area contributed by atoms with E-state index in [9.17, 15) is 4.79 Å². The average Bonchev–Trinajstić information content (AvgIpc) is 2.97. The lowest BCUT2D eigenvalue weighted by Gasteiger charge is -1.99. The number of rotatable bonds is 5. The third-order valence-corrected chi connectivity index (χ3v) is 3.08. The van der Waals surface area contributed by atoms with Crippen LogP contribution in [-0.2, 0) is 13.0 Å². The predicted octanol–water partition coefficient (Wildman–Crippen LogP) is 1.17. The smallest absolute Gasteiger partial charge is 0.271 e. The molecule has 3 N–H and O–H groups in total. The summed E-state index contributed by atoms with van der Waals surface area (Å²) in [6.45, 7) is 0.989. The molecule has 0 spiro atoms. The molecule has 2 aromatic rings. The number of hydrogen-bond acceptors (Lipinski definition) is 5. The van der Waals surface area contributed by atoms with Crippen molar-refractivity contribution in [2.75, 3.05) is 6.54 Å². The van der Waals surface area contributed by atoms with Crippen molar-refractivity contribution in [2.24, 2.45) is 5.73 Å². The zero-order valence-corrected chi connectivity index (χ0v) is 10.00. The minimum Gasteiger partial charge on any atom is -0.472 e. The Balaban J connectivity index is 1.90. The van der Waals surface area contributed by atoms with E-state index in [1.54, 1.807) is 24.0 Å². The molecule has 0 aliphatic heterocycles. The van der Waals surface area contributed by atoms with Gasteiger partial charge in [-0.3, -0.25) is 4.79 Å². The fourth-order valence-corrected chi connectivity index (χ4v) is 2.11. The molecular formula is C11H13N3O2S. The van der Waals surface area contributed by atoms with Crippen LogP contribution in [0.4, 0.5) is 0 Å². The van der Waals surface area contributed by atoms with Gasteiger partial charge in [-0.2, -0.15) is 0 Å². The molecule has 2 heterocycles. The molecule has 6 heteroatoms. The van der Waals surface area contributed by atoms with Gasteiger partial charge in [0.1, 0.15) is 5.69 Å². The van der Waals surface area contributed by atoms with E-state index < -0.39 is 0 Å². The monoisotopic (exact) mass is 251 g/mol. The number of carbonyl (C=O) groups excluding carboxylic acids is 1. The van der Waals surface area contributed by atoms with Gasteiger partial charge in [-0.25, -0.2) is 4.98 Å². The van der Waals surface area contributed by atoms with E-state index in [0.717, 1.165) is 10.6 Å². The lowest BCUT2D eigenvalue weighted by Crippen LogP contribution is -2.22. The third kappa shape index (κ3) is 3.15. The number of hydrogen-bond donors (Lipinski definition) is 2. The van der Waals surface area contributed by atoms with Gasteiger partial charge >= 0.3 is 0 Å². The average molecular weight is 251 g/mol. The van der Waals surface area contributed by atoms with E-state index in [1.807, 2.05) is 0 Å². The van der Waals surface area contributed by atoms with Crippen molar-refractivity contribution in [3.05, 3.63) is 40.2 Å². The van der Waals surface area contributed by atoms with Crippen molar-refractivity contribution in [3.8, 4) is 0 Å². The van der Waals surface area contributed by atoms with E-state index in [-0.39, 0.29) is 5.91 Å². The van der Waals surface area contributed by atoms with Gasteiger partial charge in [-0.1, -0.05) is 0 Å². The van der Waals surface area contributed by atoms with E-state index in [1.165, 1.54) is 11.3 Å². The molecule has 90 valence electrons. The summed E-state index contributed by atoms with van der Waals surface area (Å²) in [5, 5.41) is 5.41. The van der Waals surface area contributed by atoms with Gasteiger partial charge in [-0.05, 0) is 12.6 Å². The maximum absolute atomic E-state index is 11.7. The Morgan fingerprint density at radius 3 is 3.18 bits per heavy atom. The summed E-state index contributed by atoms with van der Waals surface area (Å²) >= 11 is 1.46. The predicted molar refractivity (Wildman–Crippen MR) is 64.8 cm³/mol. The number of nitrogens with one attached hydrogen (secondary N) is 1. The molecule has 1 amide bonds. The molecule has 0 fully saturated rings. The van der Waals surface area contributed by atoms with E-state index in [2.05, 4.69) is 10.3 Å². The zero-order chi connectivity index (χ0) is 12.1. The first-order chi connectivity index (χ1) is 8.29. The van der Waals surface area contributed by atoms with Gasteiger partial charge in [-0.15, -0.1) is 11.3 Å². The molecule has 0 unspecified atom stereocenters. The first-order valence-corrected chi connectivity index (χ1v) is 6.11. The summed E-state index contributed by atoms with van der Waals surface area (Å²) in [6, 6.07) is 1.81. The fraction of sp³-hybridized carbons (Fsp3) is 0.273. The highest BCUT2D eigenvalue weighted by atomic mass is 32.1. The Morgan fingerprint density at radius 1 is 1.59 bits per heavy atom.